The molecule has 1 fully saturated rings. The monoisotopic (exact) mass is 392 g/mol. The van der Waals surface area contributed by atoms with E-state index in [1.165, 1.54) is 0 Å². The molecule has 0 saturated carbocycles. The zero-order valence-electron chi connectivity index (χ0n) is 14.9. The van der Waals surface area contributed by atoms with Crippen LogP contribution in [0.5, 0.6) is 5.75 Å². The summed E-state index contributed by atoms with van der Waals surface area (Å²) < 4.78 is 39.7. The molecule has 2 aromatic heterocycles. The fourth-order valence-electron chi connectivity index (χ4n) is 3.39. The fraction of sp³-hybridized carbons (Fsp3) is 0.389. The molecule has 1 aliphatic heterocycles. The van der Waals surface area contributed by atoms with Crippen LogP contribution in [0, 0.1) is 0 Å². The van der Waals surface area contributed by atoms with Gasteiger partial charge in [0.1, 0.15) is 12.3 Å². The van der Waals surface area contributed by atoms with E-state index in [4.69, 9.17) is 0 Å². The summed E-state index contributed by atoms with van der Waals surface area (Å²) in [5, 5.41) is 28.3. The molecular formula is C18H19F3N6O. The van der Waals surface area contributed by atoms with E-state index in [2.05, 4.69) is 25.9 Å². The molecule has 28 heavy (non-hydrogen) atoms. The first-order valence-electron chi connectivity index (χ1n) is 8.98. The highest BCUT2D eigenvalue weighted by Crippen LogP contribution is 2.32. The molecule has 1 aliphatic rings. The molecule has 1 aromatic carbocycles. The van der Waals surface area contributed by atoms with E-state index in [9.17, 15) is 18.3 Å². The Bertz CT molecular complexity index is 981. The number of para-hydroxylation sites is 1. The number of rotatable bonds is 4. The molecular weight excluding hydrogens is 373 g/mol. The normalized spacial score (nSPS) is 15.8. The lowest BCUT2D eigenvalue weighted by Crippen LogP contribution is -2.30. The lowest BCUT2D eigenvalue weighted by molar-refractivity contribution is -0.115. The molecule has 148 valence electrons. The highest BCUT2D eigenvalue weighted by atomic mass is 19.4. The third-order valence-electron chi connectivity index (χ3n) is 4.74. The van der Waals surface area contributed by atoms with Gasteiger partial charge in [0.15, 0.2) is 11.3 Å². The maximum atomic E-state index is 12.7. The second kappa shape index (κ2) is 7.27. The Morgan fingerprint density at radius 3 is 2.64 bits per heavy atom. The van der Waals surface area contributed by atoms with Gasteiger partial charge in [0.05, 0.1) is 17.3 Å². The van der Waals surface area contributed by atoms with E-state index < -0.39 is 12.7 Å². The largest absolute Gasteiger partial charge is 0.507 e. The first kappa shape index (κ1) is 18.5. The van der Waals surface area contributed by atoms with Gasteiger partial charge in [-0.15, -0.1) is 10.2 Å². The second-order valence-electron chi connectivity index (χ2n) is 6.72. The van der Waals surface area contributed by atoms with Crippen LogP contribution in [-0.2, 0) is 0 Å². The Kier molecular flexibility index (Phi) is 4.80. The van der Waals surface area contributed by atoms with Crippen molar-refractivity contribution in [2.75, 3.05) is 25.0 Å². The van der Waals surface area contributed by atoms with Gasteiger partial charge in [-0.3, -0.25) is 4.68 Å². The van der Waals surface area contributed by atoms with Crippen LogP contribution in [0.25, 0.3) is 22.3 Å². The zero-order chi connectivity index (χ0) is 19.7. The summed E-state index contributed by atoms with van der Waals surface area (Å²) >= 11 is 0. The summed E-state index contributed by atoms with van der Waals surface area (Å²) in [7, 11) is 0. The van der Waals surface area contributed by atoms with E-state index in [0.717, 1.165) is 25.9 Å². The van der Waals surface area contributed by atoms with Gasteiger partial charge in [-0.25, -0.2) is 0 Å². The van der Waals surface area contributed by atoms with Gasteiger partial charge in [0.25, 0.3) is 0 Å². The number of piperidine rings is 1. The van der Waals surface area contributed by atoms with Gasteiger partial charge in [-0.1, -0.05) is 12.1 Å². The van der Waals surface area contributed by atoms with Gasteiger partial charge < -0.3 is 15.7 Å². The number of hydrogen-bond acceptors (Lipinski definition) is 6. The lowest BCUT2D eigenvalue weighted by Gasteiger charge is -2.23. The number of nitrogens with one attached hydrogen (secondary N) is 2. The van der Waals surface area contributed by atoms with E-state index in [0.29, 0.717) is 16.8 Å². The minimum Gasteiger partial charge on any atom is -0.507 e. The van der Waals surface area contributed by atoms with Crippen LogP contribution in [0.3, 0.4) is 0 Å². The molecule has 7 nitrogen and oxygen atoms in total. The molecule has 0 bridgehead atoms. The van der Waals surface area contributed by atoms with Gasteiger partial charge in [0, 0.05) is 5.56 Å². The Labute approximate surface area is 158 Å². The van der Waals surface area contributed by atoms with Gasteiger partial charge in [0.2, 0.25) is 0 Å². The molecule has 0 aliphatic carbocycles. The van der Waals surface area contributed by atoms with Gasteiger partial charge >= 0.3 is 6.18 Å². The molecule has 10 heteroatoms. The summed E-state index contributed by atoms with van der Waals surface area (Å²) in [5.74, 6) is 0.113. The molecule has 3 N–H and O–H groups in total. The smallest absolute Gasteiger partial charge is 0.405 e. The SMILES string of the molecule is Oc1ccccc1-c1cc2c(nn1)c(NCC(F)(F)F)nn2C1CCNCC1. The predicted octanol–water partition coefficient (Wildman–Crippen LogP) is 3.10. The standard InChI is InChI=1S/C18H19F3N6O/c19-18(20,21)10-23-17-16-14(27(26-17)11-5-7-22-8-6-11)9-13(24-25-16)12-3-1-2-4-15(12)28/h1-4,9,11,22,28H,5-8,10H2,(H,23,26). The maximum Gasteiger partial charge on any atom is 0.405 e. The van der Waals surface area contributed by atoms with Crippen molar-refractivity contribution in [3.8, 4) is 17.0 Å². The number of aromatic nitrogens is 4. The molecule has 3 heterocycles. The van der Waals surface area contributed by atoms with Gasteiger partial charge in [-0.05, 0) is 44.1 Å². The number of alkyl halides is 3. The molecule has 0 radical (unpaired) electrons. The van der Waals surface area contributed by atoms with Crippen LogP contribution in [-0.4, -0.2) is 50.9 Å². The number of benzene rings is 1. The summed E-state index contributed by atoms with van der Waals surface area (Å²) in [6.07, 6.45) is -2.75. The minimum absolute atomic E-state index is 0.0478. The average molecular weight is 392 g/mol. The van der Waals surface area contributed by atoms with Crippen molar-refractivity contribution in [2.24, 2.45) is 0 Å². The Morgan fingerprint density at radius 1 is 1.18 bits per heavy atom. The third-order valence-corrected chi connectivity index (χ3v) is 4.74. The first-order chi connectivity index (χ1) is 13.4. The first-order valence-corrected chi connectivity index (χ1v) is 8.98. The summed E-state index contributed by atoms with van der Waals surface area (Å²) in [5.41, 5.74) is 1.80. The van der Waals surface area contributed by atoms with Crippen LogP contribution >= 0.6 is 0 Å². The maximum absolute atomic E-state index is 12.7. The van der Waals surface area contributed by atoms with E-state index in [-0.39, 0.29) is 23.1 Å². The van der Waals surface area contributed by atoms with E-state index in [1.807, 2.05) is 0 Å². The average Bonchev–Trinajstić information content (AvgIpc) is 3.05. The number of phenolic OH excluding ortho intramolecular Hbond substituents is 1. The molecule has 0 amide bonds. The van der Waals surface area contributed by atoms with Crippen LogP contribution in [0.4, 0.5) is 19.0 Å². The minimum atomic E-state index is -4.37. The summed E-state index contributed by atoms with van der Waals surface area (Å²) in [6, 6.07) is 8.47. The second-order valence-corrected chi connectivity index (χ2v) is 6.72. The van der Waals surface area contributed by atoms with Gasteiger partial charge in [-0.2, -0.15) is 18.3 Å². The van der Waals surface area contributed by atoms with Crippen molar-refractivity contribution < 1.29 is 18.3 Å². The molecule has 0 atom stereocenters. The summed E-state index contributed by atoms with van der Waals surface area (Å²) in [6.45, 7) is 0.415. The molecule has 4 rings (SSSR count). The van der Waals surface area contributed by atoms with Crippen molar-refractivity contribution in [2.45, 2.75) is 25.1 Å². The Balaban J connectivity index is 1.80. The molecule has 0 unspecified atom stereocenters. The predicted molar refractivity (Wildman–Crippen MR) is 98.1 cm³/mol. The number of hydrogen-bond donors (Lipinski definition) is 3. The van der Waals surface area contributed by atoms with Crippen LogP contribution in [0.2, 0.25) is 0 Å². The van der Waals surface area contributed by atoms with Crippen LogP contribution in [0.15, 0.2) is 30.3 Å². The Hall–Kier alpha value is -2.88. The number of aromatic hydroxyl groups is 1. The third kappa shape index (κ3) is 3.72. The molecule has 3 aromatic rings. The lowest BCUT2D eigenvalue weighted by atomic mass is 10.1. The Morgan fingerprint density at radius 2 is 1.93 bits per heavy atom. The van der Waals surface area contributed by atoms with Crippen molar-refractivity contribution in [3.63, 3.8) is 0 Å². The fourth-order valence-corrected chi connectivity index (χ4v) is 3.39. The summed E-state index contributed by atoms with van der Waals surface area (Å²) in [4.78, 5) is 0. The number of phenols is 1. The number of anilines is 1. The van der Waals surface area contributed by atoms with E-state index in [1.54, 1.807) is 35.0 Å². The quantitative estimate of drug-likeness (QED) is 0.633. The van der Waals surface area contributed by atoms with E-state index >= 15 is 0 Å². The van der Waals surface area contributed by atoms with Crippen molar-refractivity contribution in [3.05, 3.63) is 30.3 Å². The highest BCUT2D eigenvalue weighted by molar-refractivity contribution is 5.88. The molecule has 0 spiro atoms. The van der Waals surface area contributed by atoms with Crippen molar-refractivity contribution in [1.29, 1.82) is 0 Å². The molecule has 1 saturated heterocycles. The van der Waals surface area contributed by atoms with Crippen molar-refractivity contribution >= 4 is 16.9 Å². The topological polar surface area (TPSA) is 87.9 Å². The van der Waals surface area contributed by atoms with Crippen LogP contribution < -0.4 is 10.6 Å². The van der Waals surface area contributed by atoms with Crippen LogP contribution in [0.1, 0.15) is 18.9 Å². The highest BCUT2D eigenvalue weighted by Gasteiger charge is 2.29. The number of fused-ring (bicyclic) bond motifs is 1. The zero-order valence-corrected chi connectivity index (χ0v) is 14.9. The number of nitrogens with zero attached hydrogens (tertiary/aromatic N) is 4. The van der Waals surface area contributed by atoms with Crippen molar-refractivity contribution in [1.82, 2.24) is 25.3 Å². The number of halogens is 3.